The first kappa shape index (κ1) is 10.2. The van der Waals surface area contributed by atoms with Crippen molar-refractivity contribution in [2.24, 2.45) is 0 Å². The number of halogens is 1. The smallest absolute Gasteiger partial charge is 0.169 e. The molecule has 0 radical (unpaired) electrons. The Morgan fingerprint density at radius 1 is 1.57 bits per heavy atom. The number of hydrogen-bond donors (Lipinski definition) is 1. The van der Waals surface area contributed by atoms with Crippen molar-refractivity contribution in [2.45, 2.75) is 31.5 Å². The number of methoxy groups -OCH3 is 1. The van der Waals surface area contributed by atoms with Crippen molar-refractivity contribution < 1.29 is 9.15 Å². The molecule has 1 aliphatic rings. The summed E-state index contributed by atoms with van der Waals surface area (Å²) in [6.45, 7) is 0.798. The van der Waals surface area contributed by atoms with Crippen LogP contribution in [0, 0.1) is 0 Å². The Morgan fingerprint density at radius 3 is 2.93 bits per heavy atom. The average Bonchev–Trinajstić information content (AvgIpc) is 2.49. The zero-order chi connectivity index (χ0) is 9.97. The van der Waals surface area contributed by atoms with Gasteiger partial charge in [0.15, 0.2) is 4.67 Å². The second kappa shape index (κ2) is 4.47. The van der Waals surface area contributed by atoms with E-state index in [1.54, 1.807) is 7.11 Å². The summed E-state index contributed by atoms with van der Waals surface area (Å²) in [4.78, 5) is 0. The van der Waals surface area contributed by atoms with Gasteiger partial charge < -0.3 is 14.5 Å². The fourth-order valence-corrected chi connectivity index (χ4v) is 1.96. The first-order valence-corrected chi connectivity index (χ1v) is 5.57. The molecule has 1 aliphatic carbocycles. The van der Waals surface area contributed by atoms with Crippen molar-refractivity contribution in [2.75, 3.05) is 7.11 Å². The predicted molar refractivity (Wildman–Crippen MR) is 57.1 cm³/mol. The third-order valence-corrected chi connectivity index (χ3v) is 3.05. The fraction of sp³-hybridized carbons (Fsp3) is 0.600. The van der Waals surface area contributed by atoms with Crippen LogP contribution in [-0.4, -0.2) is 19.3 Å². The number of hydrogen-bond acceptors (Lipinski definition) is 3. The molecule has 1 heterocycles. The Kier molecular flexibility index (Phi) is 3.26. The second-order valence-corrected chi connectivity index (χ2v) is 4.39. The minimum absolute atomic E-state index is 0.454. The molecule has 1 saturated carbocycles. The summed E-state index contributed by atoms with van der Waals surface area (Å²) in [7, 11) is 1.77. The second-order valence-electron chi connectivity index (χ2n) is 3.61. The molecule has 14 heavy (non-hydrogen) atoms. The lowest BCUT2D eigenvalue weighted by Crippen LogP contribution is -2.44. The molecule has 0 atom stereocenters. The Balaban J connectivity index is 1.69. The van der Waals surface area contributed by atoms with E-state index in [1.807, 2.05) is 12.1 Å². The van der Waals surface area contributed by atoms with Crippen LogP contribution in [0.15, 0.2) is 21.2 Å². The van der Waals surface area contributed by atoms with Gasteiger partial charge in [0.1, 0.15) is 5.76 Å². The van der Waals surface area contributed by atoms with E-state index >= 15 is 0 Å². The molecule has 0 amide bonds. The van der Waals surface area contributed by atoms with E-state index in [2.05, 4.69) is 21.2 Å². The summed E-state index contributed by atoms with van der Waals surface area (Å²) in [6, 6.07) is 4.48. The maximum absolute atomic E-state index is 5.38. The van der Waals surface area contributed by atoms with Crippen LogP contribution in [0.25, 0.3) is 0 Å². The topological polar surface area (TPSA) is 34.4 Å². The van der Waals surface area contributed by atoms with Crippen LogP contribution < -0.4 is 5.32 Å². The summed E-state index contributed by atoms with van der Waals surface area (Å²) in [6.07, 6.45) is 2.67. The van der Waals surface area contributed by atoms with E-state index in [1.165, 1.54) is 0 Å². The average molecular weight is 260 g/mol. The van der Waals surface area contributed by atoms with Crippen LogP contribution in [0.4, 0.5) is 0 Å². The van der Waals surface area contributed by atoms with E-state index in [-0.39, 0.29) is 0 Å². The highest BCUT2D eigenvalue weighted by Gasteiger charge is 2.28. The van der Waals surface area contributed by atoms with Crippen molar-refractivity contribution in [3.63, 3.8) is 0 Å². The molecule has 0 saturated heterocycles. The lowest BCUT2D eigenvalue weighted by Gasteiger charge is -2.34. The predicted octanol–water partition coefficient (Wildman–Crippen LogP) is 2.31. The molecule has 1 aromatic rings. The van der Waals surface area contributed by atoms with Crippen molar-refractivity contribution in [1.82, 2.24) is 5.32 Å². The maximum atomic E-state index is 5.38. The molecule has 1 N–H and O–H groups in total. The molecule has 0 aliphatic heterocycles. The van der Waals surface area contributed by atoms with E-state index in [9.17, 15) is 0 Å². The van der Waals surface area contributed by atoms with Crippen molar-refractivity contribution >= 4 is 15.9 Å². The van der Waals surface area contributed by atoms with Gasteiger partial charge in [-0.05, 0) is 40.9 Å². The molecule has 1 fully saturated rings. The first-order valence-electron chi connectivity index (χ1n) is 4.78. The van der Waals surface area contributed by atoms with Crippen LogP contribution in [0.2, 0.25) is 0 Å². The highest BCUT2D eigenvalue weighted by molar-refractivity contribution is 9.10. The van der Waals surface area contributed by atoms with Gasteiger partial charge in [0.2, 0.25) is 0 Å². The van der Waals surface area contributed by atoms with Crippen LogP contribution in [0.3, 0.4) is 0 Å². The largest absolute Gasteiger partial charge is 0.453 e. The Morgan fingerprint density at radius 2 is 2.36 bits per heavy atom. The lowest BCUT2D eigenvalue weighted by molar-refractivity contribution is 0.0165. The number of ether oxygens (including phenoxy) is 1. The molecule has 0 unspecified atom stereocenters. The molecule has 78 valence electrons. The quantitative estimate of drug-likeness (QED) is 0.902. The molecule has 3 nitrogen and oxygen atoms in total. The van der Waals surface area contributed by atoms with E-state index in [0.717, 1.165) is 29.8 Å². The van der Waals surface area contributed by atoms with Gasteiger partial charge in [-0.15, -0.1) is 0 Å². The summed E-state index contributed by atoms with van der Waals surface area (Å²) < 4.78 is 11.4. The van der Waals surface area contributed by atoms with Gasteiger partial charge in [-0.2, -0.15) is 0 Å². The van der Waals surface area contributed by atoms with Crippen molar-refractivity contribution in [3.05, 3.63) is 22.6 Å². The Bertz CT molecular complexity index is 294. The van der Waals surface area contributed by atoms with E-state index in [4.69, 9.17) is 9.15 Å². The fourth-order valence-electron chi connectivity index (χ4n) is 1.62. The maximum Gasteiger partial charge on any atom is 0.169 e. The lowest BCUT2D eigenvalue weighted by atomic mass is 9.89. The van der Waals surface area contributed by atoms with Gasteiger partial charge in [0, 0.05) is 13.2 Å². The minimum atomic E-state index is 0.454. The van der Waals surface area contributed by atoms with E-state index < -0.39 is 0 Å². The van der Waals surface area contributed by atoms with Crippen molar-refractivity contribution in [1.29, 1.82) is 0 Å². The van der Waals surface area contributed by atoms with Crippen LogP contribution in [0.1, 0.15) is 18.6 Å². The third kappa shape index (κ3) is 2.38. The monoisotopic (exact) mass is 259 g/mol. The van der Waals surface area contributed by atoms with Gasteiger partial charge >= 0.3 is 0 Å². The molecule has 0 aromatic carbocycles. The minimum Gasteiger partial charge on any atom is -0.453 e. The Labute approximate surface area is 91.9 Å². The molecule has 0 bridgehead atoms. The van der Waals surface area contributed by atoms with Gasteiger partial charge in [-0.3, -0.25) is 0 Å². The number of rotatable bonds is 4. The van der Waals surface area contributed by atoms with Gasteiger partial charge in [-0.1, -0.05) is 0 Å². The third-order valence-electron chi connectivity index (χ3n) is 2.62. The summed E-state index contributed by atoms with van der Waals surface area (Å²) in [5, 5.41) is 3.42. The van der Waals surface area contributed by atoms with Gasteiger partial charge in [0.25, 0.3) is 0 Å². The van der Waals surface area contributed by atoms with Crippen molar-refractivity contribution in [3.8, 4) is 0 Å². The molecular formula is C10H14BrNO2. The summed E-state index contributed by atoms with van der Waals surface area (Å²) in [5.74, 6) is 0.970. The van der Waals surface area contributed by atoms with Crippen LogP contribution in [0.5, 0.6) is 0 Å². The summed E-state index contributed by atoms with van der Waals surface area (Å²) in [5.41, 5.74) is 0. The molecule has 1 aromatic heterocycles. The van der Waals surface area contributed by atoms with Crippen LogP contribution in [-0.2, 0) is 11.3 Å². The summed E-state index contributed by atoms with van der Waals surface area (Å²) >= 11 is 3.28. The van der Waals surface area contributed by atoms with Gasteiger partial charge in [0.05, 0.1) is 12.6 Å². The highest BCUT2D eigenvalue weighted by atomic mass is 79.9. The molecule has 0 spiro atoms. The highest BCUT2D eigenvalue weighted by Crippen LogP contribution is 2.23. The SMILES string of the molecule is COC1CC(NCc2ccc(Br)o2)C1. The first-order chi connectivity index (χ1) is 6.78. The zero-order valence-corrected chi connectivity index (χ0v) is 9.71. The van der Waals surface area contributed by atoms with Gasteiger partial charge in [-0.25, -0.2) is 0 Å². The van der Waals surface area contributed by atoms with Crippen LogP contribution >= 0.6 is 15.9 Å². The standard InChI is InChI=1S/C10H14BrNO2/c1-13-9-4-7(5-9)12-6-8-2-3-10(11)14-8/h2-3,7,9,12H,4-6H2,1H3. The number of furan rings is 1. The zero-order valence-electron chi connectivity index (χ0n) is 8.13. The molecule has 2 rings (SSSR count). The molecule has 4 heteroatoms. The number of nitrogens with one attached hydrogen (secondary N) is 1. The molecular weight excluding hydrogens is 246 g/mol. The normalized spacial score (nSPS) is 26.1. The Hall–Kier alpha value is -0.320. The van der Waals surface area contributed by atoms with E-state index in [0.29, 0.717) is 12.1 Å².